The molecule has 0 spiro atoms. The Bertz CT molecular complexity index is 1020. The Hall–Kier alpha value is -2.24. The third-order valence-electron chi connectivity index (χ3n) is 4.75. The maximum atomic E-state index is 13.1. The van der Waals surface area contributed by atoms with Crippen molar-refractivity contribution in [2.75, 3.05) is 6.54 Å². The monoisotopic (exact) mass is 364 g/mol. The Balaban J connectivity index is 1.50. The first-order valence-corrected chi connectivity index (χ1v) is 10.1. The lowest BCUT2D eigenvalue weighted by molar-refractivity contribution is 0.0740. The van der Waals surface area contributed by atoms with Crippen LogP contribution < -0.4 is 0 Å². The molecule has 5 rings (SSSR count). The van der Waals surface area contributed by atoms with Gasteiger partial charge in [-0.3, -0.25) is 4.79 Å². The fourth-order valence-electron chi connectivity index (χ4n) is 3.53. The molecule has 3 heterocycles. The number of para-hydroxylation sites is 1. The fraction of sp³-hybridized carbons (Fsp3) is 0.200. The quantitative estimate of drug-likeness (QED) is 0.471. The molecule has 25 heavy (non-hydrogen) atoms. The first kappa shape index (κ1) is 15.0. The van der Waals surface area contributed by atoms with Gasteiger partial charge in [0.25, 0.3) is 5.91 Å². The number of carbonyl (C=O) groups is 1. The zero-order valence-electron chi connectivity index (χ0n) is 13.5. The molecule has 0 aliphatic carbocycles. The molecular weight excluding hydrogens is 348 g/mol. The average molecular weight is 364 g/mol. The zero-order valence-corrected chi connectivity index (χ0v) is 15.1. The summed E-state index contributed by atoms with van der Waals surface area (Å²) in [7, 11) is 0. The number of likely N-dealkylation sites (tertiary alicyclic amines) is 1. The number of thiophene rings is 1. The lowest BCUT2D eigenvalue weighted by Crippen LogP contribution is -2.29. The van der Waals surface area contributed by atoms with Crippen molar-refractivity contribution in [2.24, 2.45) is 0 Å². The van der Waals surface area contributed by atoms with E-state index in [2.05, 4.69) is 18.2 Å². The second-order valence-electron chi connectivity index (χ2n) is 6.32. The third-order valence-corrected chi connectivity index (χ3v) is 6.99. The molecule has 0 N–H and O–H groups in total. The van der Waals surface area contributed by atoms with Gasteiger partial charge in [-0.2, -0.15) is 0 Å². The van der Waals surface area contributed by atoms with Gasteiger partial charge in [-0.1, -0.05) is 30.3 Å². The molecule has 1 atom stereocenters. The zero-order chi connectivity index (χ0) is 16.8. The molecule has 124 valence electrons. The smallest absolute Gasteiger partial charge is 0.264 e. The van der Waals surface area contributed by atoms with E-state index in [1.807, 2.05) is 41.3 Å². The molecule has 1 saturated heterocycles. The lowest BCUT2D eigenvalue weighted by atomic mass is 10.2. The number of hydrogen-bond acceptors (Lipinski definition) is 4. The van der Waals surface area contributed by atoms with Crippen LogP contribution in [0.25, 0.3) is 20.3 Å². The second kappa shape index (κ2) is 5.93. The molecule has 0 saturated carbocycles. The van der Waals surface area contributed by atoms with Gasteiger partial charge < -0.3 is 4.90 Å². The Morgan fingerprint density at radius 3 is 2.68 bits per heavy atom. The Kier molecular flexibility index (Phi) is 3.57. The fourth-order valence-corrected chi connectivity index (χ4v) is 5.66. The van der Waals surface area contributed by atoms with Crippen LogP contribution in [0.3, 0.4) is 0 Å². The highest BCUT2D eigenvalue weighted by Crippen LogP contribution is 2.38. The van der Waals surface area contributed by atoms with Crippen LogP contribution >= 0.6 is 22.7 Å². The van der Waals surface area contributed by atoms with Crippen molar-refractivity contribution in [3.8, 4) is 0 Å². The van der Waals surface area contributed by atoms with Gasteiger partial charge in [0.1, 0.15) is 5.01 Å². The van der Waals surface area contributed by atoms with Gasteiger partial charge in [-0.05, 0) is 42.5 Å². The van der Waals surface area contributed by atoms with Gasteiger partial charge in [0, 0.05) is 11.2 Å². The van der Waals surface area contributed by atoms with Crippen LogP contribution in [0.1, 0.15) is 33.6 Å². The van der Waals surface area contributed by atoms with Crippen LogP contribution in [-0.2, 0) is 0 Å². The van der Waals surface area contributed by atoms with Crippen molar-refractivity contribution >= 4 is 48.9 Å². The van der Waals surface area contributed by atoms with E-state index in [1.165, 1.54) is 9.40 Å². The molecule has 1 amide bonds. The van der Waals surface area contributed by atoms with E-state index in [0.29, 0.717) is 0 Å². The Morgan fingerprint density at radius 2 is 1.84 bits per heavy atom. The summed E-state index contributed by atoms with van der Waals surface area (Å²) >= 11 is 3.30. The molecule has 1 aliphatic heterocycles. The number of rotatable bonds is 2. The Labute approximate surface area is 153 Å². The number of fused-ring (bicyclic) bond motifs is 2. The molecule has 1 fully saturated rings. The van der Waals surface area contributed by atoms with Crippen LogP contribution in [0, 0.1) is 0 Å². The third kappa shape index (κ3) is 2.55. The topological polar surface area (TPSA) is 33.2 Å². The van der Waals surface area contributed by atoms with Gasteiger partial charge in [-0.25, -0.2) is 4.98 Å². The molecule has 2 aromatic heterocycles. The minimum Gasteiger partial charge on any atom is -0.328 e. The van der Waals surface area contributed by atoms with Gasteiger partial charge in [0.15, 0.2) is 0 Å². The van der Waals surface area contributed by atoms with Gasteiger partial charge in [-0.15, -0.1) is 22.7 Å². The summed E-state index contributed by atoms with van der Waals surface area (Å²) in [5.41, 5.74) is 1.03. The summed E-state index contributed by atoms with van der Waals surface area (Å²) < 4.78 is 2.36. The SMILES string of the molecule is O=C(c1cc2ccccc2s1)N1CCCC1c1nc2ccccc2s1. The molecule has 4 aromatic rings. The van der Waals surface area contributed by atoms with Crippen LogP contribution in [0.4, 0.5) is 0 Å². The van der Waals surface area contributed by atoms with Crippen molar-refractivity contribution in [1.29, 1.82) is 0 Å². The molecular formula is C20H16N2OS2. The number of carbonyl (C=O) groups excluding carboxylic acids is 1. The summed E-state index contributed by atoms with van der Waals surface area (Å²) in [6.07, 6.45) is 2.04. The highest BCUT2D eigenvalue weighted by Gasteiger charge is 2.33. The maximum Gasteiger partial charge on any atom is 0.264 e. The highest BCUT2D eigenvalue weighted by molar-refractivity contribution is 7.20. The van der Waals surface area contributed by atoms with E-state index < -0.39 is 0 Å². The van der Waals surface area contributed by atoms with Crippen molar-refractivity contribution in [3.05, 3.63) is 64.5 Å². The van der Waals surface area contributed by atoms with Crippen molar-refractivity contribution in [1.82, 2.24) is 9.88 Å². The lowest BCUT2D eigenvalue weighted by Gasteiger charge is -2.22. The number of aromatic nitrogens is 1. The van der Waals surface area contributed by atoms with Gasteiger partial charge in [0.05, 0.1) is 21.1 Å². The molecule has 1 unspecified atom stereocenters. The summed E-state index contributed by atoms with van der Waals surface area (Å²) in [6, 6.07) is 18.5. The summed E-state index contributed by atoms with van der Waals surface area (Å²) in [5, 5.41) is 2.21. The van der Waals surface area contributed by atoms with Gasteiger partial charge >= 0.3 is 0 Å². The van der Waals surface area contributed by atoms with Crippen LogP contribution in [-0.4, -0.2) is 22.3 Å². The molecule has 3 nitrogen and oxygen atoms in total. The van der Waals surface area contributed by atoms with Crippen molar-refractivity contribution < 1.29 is 4.79 Å². The molecule has 0 radical (unpaired) electrons. The minimum atomic E-state index is 0.107. The van der Waals surface area contributed by atoms with Crippen LogP contribution in [0.15, 0.2) is 54.6 Å². The summed E-state index contributed by atoms with van der Waals surface area (Å²) in [6.45, 7) is 0.813. The van der Waals surface area contributed by atoms with E-state index in [-0.39, 0.29) is 11.9 Å². The van der Waals surface area contributed by atoms with E-state index in [0.717, 1.165) is 40.2 Å². The van der Waals surface area contributed by atoms with Crippen LogP contribution in [0.2, 0.25) is 0 Å². The molecule has 1 aliphatic rings. The van der Waals surface area contributed by atoms with E-state index in [4.69, 9.17) is 4.98 Å². The molecule has 2 aromatic carbocycles. The number of hydrogen-bond donors (Lipinski definition) is 0. The maximum absolute atomic E-state index is 13.1. The second-order valence-corrected chi connectivity index (χ2v) is 8.47. The number of nitrogens with zero attached hydrogens (tertiary/aromatic N) is 2. The highest BCUT2D eigenvalue weighted by atomic mass is 32.1. The number of thiazole rings is 1. The first-order valence-electron chi connectivity index (χ1n) is 8.44. The van der Waals surface area contributed by atoms with E-state index >= 15 is 0 Å². The number of amides is 1. The van der Waals surface area contributed by atoms with E-state index in [9.17, 15) is 4.79 Å². The van der Waals surface area contributed by atoms with Gasteiger partial charge in [0.2, 0.25) is 0 Å². The Morgan fingerprint density at radius 1 is 1.04 bits per heavy atom. The molecule has 5 heteroatoms. The largest absolute Gasteiger partial charge is 0.328 e. The normalized spacial score (nSPS) is 17.6. The van der Waals surface area contributed by atoms with Crippen LogP contribution in [0.5, 0.6) is 0 Å². The summed E-state index contributed by atoms with van der Waals surface area (Å²) in [4.78, 5) is 20.8. The predicted octanol–water partition coefficient (Wildman–Crippen LogP) is 5.49. The van der Waals surface area contributed by atoms with E-state index in [1.54, 1.807) is 22.7 Å². The predicted molar refractivity (Wildman–Crippen MR) is 104 cm³/mol. The van der Waals surface area contributed by atoms with Crippen molar-refractivity contribution in [2.45, 2.75) is 18.9 Å². The number of benzene rings is 2. The standard InChI is InChI=1S/C20H16N2OS2/c23-20(18-12-13-6-1-3-9-16(13)24-18)22-11-5-8-15(22)19-21-14-7-2-4-10-17(14)25-19/h1-4,6-7,9-10,12,15H,5,8,11H2. The van der Waals surface area contributed by atoms with Crippen molar-refractivity contribution in [3.63, 3.8) is 0 Å². The first-order chi connectivity index (χ1) is 12.3. The summed E-state index contributed by atoms with van der Waals surface area (Å²) in [5.74, 6) is 0.142. The molecule has 0 bridgehead atoms. The minimum absolute atomic E-state index is 0.107. The average Bonchev–Trinajstić information content (AvgIpc) is 3.36.